The molecule has 0 saturated carbocycles. The Hall–Kier alpha value is -4.41. The molecule has 0 radical (unpaired) electrons. The fourth-order valence-corrected chi connectivity index (χ4v) is 6.24. The fraction of sp³-hybridized carbons (Fsp3) is 0.0714. The number of nitrogens with one attached hydrogen (secondary N) is 1. The Morgan fingerprint density at radius 1 is 1.03 bits per heavy atom. The van der Waals surface area contributed by atoms with Crippen molar-refractivity contribution in [3.05, 3.63) is 112 Å². The van der Waals surface area contributed by atoms with Crippen LogP contribution in [0.2, 0.25) is 5.02 Å². The number of nitrogens with zero attached hydrogens (tertiary/aromatic N) is 4. The zero-order chi connectivity index (χ0) is 27.5. The first-order valence-corrected chi connectivity index (χ1v) is 13.7. The molecular formula is C28H20ClFN5O3S+. The van der Waals surface area contributed by atoms with Crippen LogP contribution in [0.4, 0.5) is 4.39 Å². The van der Waals surface area contributed by atoms with Gasteiger partial charge >= 0.3 is 5.56 Å². The molecule has 6 rings (SSSR count). The van der Waals surface area contributed by atoms with Crippen molar-refractivity contribution in [2.24, 2.45) is 0 Å². The van der Waals surface area contributed by atoms with E-state index in [1.807, 2.05) is 6.92 Å². The summed E-state index contributed by atoms with van der Waals surface area (Å²) in [6.07, 6.45) is 4.68. The Morgan fingerprint density at radius 3 is 2.46 bits per heavy atom. The van der Waals surface area contributed by atoms with Gasteiger partial charge in [-0.2, -0.15) is 22.2 Å². The van der Waals surface area contributed by atoms with Gasteiger partial charge in [0.25, 0.3) is 15.7 Å². The summed E-state index contributed by atoms with van der Waals surface area (Å²) < 4.78 is 44.7. The second kappa shape index (κ2) is 9.11. The summed E-state index contributed by atoms with van der Waals surface area (Å²) in [5.74, 6) is -0.785. The predicted octanol–water partition coefficient (Wildman–Crippen LogP) is 4.86. The highest BCUT2D eigenvalue weighted by atomic mass is 35.5. The average molecular weight is 561 g/mol. The van der Waals surface area contributed by atoms with Crippen LogP contribution in [0, 0.1) is 19.7 Å². The van der Waals surface area contributed by atoms with Gasteiger partial charge in [0.05, 0.1) is 27.2 Å². The van der Waals surface area contributed by atoms with Gasteiger partial charge in [-0.15, -0.1) is 0 Å². The maximum absolute atomic E-state index is 15.4. The Morgan fingerprint density at radius 2 is 1.74 bits per heavy atom. The van der Waals surface area contributed by atoms with Crippen LogP contribution in [0.5, 0.6) is 0 Å². The lowest BCUT2D eigenvalue weighted by molar-refractivity contribution is -0.596. The molecule has 0 spiro atoms. The molecule has 0 saturated heterocycles. The van der Waals surface area contributed by atoms with Crippen molar-refractivity contribution in [1.82, 2.24) is 19.2 Å². The monoisotopic (exact) mass is 560 g/mol. The molecule has 8 nitrogen and oxygen atoms in total. The Kier molecular flexibility index (Phi) is 5.81. The Bertz CT molecular complexity index is 2090. The van der Waals surface area contributed by atoms with Crippen molar-refractivity contribution in [2.75, 3.05) is 0 Å². The van der Waals surface area contributed by atoms with Crippen LogP contribution in [0.25, 0.3) is 38.8 Å². The summed E-state index contributed by atoms with van der Waals surface area (Å²) in [6, 6.07) is 15.8. The third kappa shape index (κ3) is 4.00. The van der Waals surface area contributed by atoms with E-state index in [-0.39, 0.29) is 26.5 Å². The Labute approximate surface area is 227 Å². The number of aromatic nitrogens is 5. The van der Waals surface area contributed by atoms with E-state index in [0.29, 0.717) is 31.9 Å². The minimum absolute atomic E-state index is 0.0332. The maximum atomic E-state index is 15.4. The number of rotatable bonds is 4. The third-order valence-electron chi connectivity index (χ3n) is 6.47. The number of halogens is 2. The van der Waals surface area contributed by atoms with E-state index in [1.165, 1.54) is 24.4 Å². The minimum Gasteiger partial charge on any atom is -0.314 e. The summed E-state index contributed by atoms with van der Waals surface area (Å²) in [5.41, 5.74) is 2.37. The SMILES string of the molecule is Cc1ccc(S(=O)(=O)n2ncc3c(-c4c(-[n+]5ccccc5)c(=O)[nH]c5c(Cl)cc(C)nc45)ccc(F)c32)cc1. The molecule has 0 aliphatic rings. The molecule has 1 N–H and O–H groups in total. The van der Waals surface area contributed by atoms with Crippen LogP contribution in [-0.4, -0.2) is 27.6 Å². The summed E-state index contributed by atoms with van der Waals surface area (Å²) in [4.78, 5) is 20.9. The van der Waals surface area contributed by atoms with Gasteiger partial charge < -0.3 is 4.98 Å². The van der Waals surface area contributed by atoms with E-state index in [9.17, 15) is 13.2 Å². The van der Waals surface area contributed by atoms with E-state index < -0.39 is 21.4 Å². The lowest BCUT2D eigenvalue weighted by atomic mass is 9.98. The molecule has 0 aliphatic carbocycles. The molecule has 11 heteroatoms. The molecule has 6 aromatic rings. The quantitative estimate of drug-likeness (QED) is 0.310. The molecule has 2 aromatic carbocycles. The van der Waals surface area contributed by atoms with Gasteiger partial charge in [-0.1, -0.05) is 41.4 Å². The van der Waals surface area contributed by atoms with E-state index in [1.54, 1.807) is 60.3 Å². The van der Waals surface area contributed by atoms with Gasteiger partial charge in [-0.3, -0.25) is 9.78 Å². The molecule has 4 aromatic heterocycles. The van der Waals surface area contributed by atoms with Crippen LogP contribution in [-0.2, 0) is 10.0 Å². The molecular weight excluding hydrogens is 541 g/mol. The number of hydrogen-bond donors (Lipinski definition) is 1. The standard InChI is InChI=1S/C28H19ClFN5O3S/c1-16-6-8-18(9-7-16)39(37,38)35-26-20(15-31-35)19(10-11-22(26)30)23-25-24(21(29)14-17(2)32-25)33-28(36)27(23)34-12-4-3-5-13-34/h3-15H,1-2H3/p+1. The van der Waals surface area contributed by atoms with E-state index in [0.717, 1.165) is 11.6 Å². The number of benzene rings is 2. The zero-order valence-electron chi connectivity index (χ0n) is 20.7. The number of aromatic amines is 1. The molecule has 0 amide bonds. The van der Waals surface area contributed by atoms with E-state index in [2.05, 4.69) is 15.1 Å². The van der Waals surface area contributed by atoms with Crippen LogP contribution in [0.1, 0.15) is 11.3 Å². The second-order valence-electron chi connectivity index (χ2n) is 9.09. The normalized spacial score (nSPS) is 11.9. The number of fused-ring (bicyclic) bond motifs is 2. The molecule has 194 valence electrons. The molecule has 0 atom stereocenters. The van der Waals surface area contributed by atoms with Crippen molar-refractivity contribution >= 4 is 43.6 Å². The molecule has 0 unspecified atom stereocenters. The van der Waals surface area contributed by atoms with Gasteiger partial charge in [0.2, 0.25) is 0 Å². The smallest absolute Gasteiger partial charge is 0.314 e. The van der Waals surface area contributed by atoms with Crippen molar-refractivity contribution in [1.29, 1.82) is 0 Å². The molecule has 39 heavy (non-hydrogen) atoms. The topological polar surface area (TPSA) is 102 Å². The lowest BCUT2D eigenvalue weighted by Crippen LogP contribution is -2.37. The van der Waals surface area contributed by atoms with Gasteiger partial charge in [0, 0.05) is 28.8 Å². The lowest BCUT2D eigenvalue weighted by Gasteiger charge is -2.12. The second-order valence-corrected chi connectivity index (χ2v) is 11.3. The van der Waals surface area contributed by atoms with Crippen LogP contribution < -0.4 is 10.1 Å². The first-order valence-electron chi connectivity index (χ1n) is 11.9. The van der Waals surface area contributed by atoms with Gasteiger partial charge in [-0.25, -0.2) is 4.39 Å². The maximum Gasteiger partial charge on any atom is 0.321 e. The highest BCUT2D eigenvalue weighted by molar-refractivity contribution is 7.90. The Balaban J connectivity index is 1.73. The van der Waals surface area contributed by atoms with Gasteiger partial charge in [0.15, 0.2) is 12.4 Å². The summed E-state index contributed by atoms with van der Waals surface area (Å²) in [5, 5.41) is 4.58. The minimum atomic E-state index is -4.23. The molecule has 0 aliphatic heterocycles. The van der Waals surface area contributed by atoms with Crippen molar-refractivity contribution in [3.63, 3.8) is 0 Å². The van der Waals surface area contributed by atoms with Gasteiger partial charge in [-0.05, 0) is 38.1 Å². The number of H-pyrrole nitrogens is 1. The fourth-order valence-electron chi connectivity index (χ4n) is 4.67. The number of aryl methyl sites for hydroxylation is 2. The third-order valence-corrected chi connectivity index (χ3v) is 8.37. The first kappa shape index (κ1) is 24.9. The highest BCUT2D eigenvalue weighted by Gasteiger charge is 2.29. The summed E-state index contributed by atoms with van der Waals surface area (Å²) in [6.45, 7) is 3.60. The molecule has 4 heterocycles. The van der Waals surface area contributed by atoms with Crippen LogP contribution in [0.3, 0.4) is 0 Å². The van der Waals surface area contributed by atoms with Crippen molar-refractivity contribution in [2.45, 2.75) is 18.7 Å². The number of pyridine rings is 3. The largest absolute Gasteiger partial charge is 0.321 e. The highest BCUT2D eigenvalue weighted by Crippen LogP contribution is 2.37. The first-order chi connectivity index (χ1) is 18.7. The van der Waals surface area contributed by atoms with E-state index in [4.69, 9.17) is 11.6 Å². The molecule has 0 bridgehead atoms. The zero-order valence-corrected chi connectivity index (χ0v) is 22.3. The molecule has 0 fully saturated rings. The predicted molar refractivity (Wildman–Crippen MR) is 146 cm³/mol. The van der Waals surface area contributed by atoms with Crippen LogP contribution in [0.15, 0.2) is 88.9 Å². The summed E-state index contributed by atoms with van der Waals surface area (Å²) in [7, 11) is -4.23. The van der Waals surface area contributed by atoms with Crippen molar-refractivity contribution in [3.8, 4) is 16.8 Å². The number of hydrogen-bond acceptors (Lipinski definition) is 5. The average Bonchev–Trinajstić information content (AvgIpc) is 3.37. The van der Waals surface area contributed by atoms with Crippen molar-refractivity contribution < 1.29 is 17.4 Å². The van der Waals surface area contributed by atoms with Crippen LogP contribution >= 0.6 is 11.6 Å². The van der Waals surface area contributed by atoms with Gasteiger partial charge in [0.1, 0.15) is 16.9 Å². The van der Waals surface area contributed by atoms with E-state index >= 15 is 4.39 Å². The summed E-state index contributed by atoms with van der Waals surface area (Å²) >= 11 is 6.51.